The first-order valence-corrected chi connectivity index (χ1v) is 7.80. The fraction of sp³-hybridized carbons (Fsp3) is 0.727. The van der Waals surface area contributed by atoms with Crippen molar-refractivity contribution in [1.82, 2.24) is 9.78 Å². The van der Waals surface area contributed by atoms with Gasteiger partial charge in [0, 0.05) is 11.8 Å². The van der Waals surface area contributed by atoms with E-state index in [0.717, 1.165) is 24.1 Å². The van der Waals surface area contributed by atoms with E-state index in [1.807, 2.05) is 0 Å². The minimum absolute atomic E-state index is 0.0583. The van der Waals surface area contributed by atoms with E-state index in [4.69, 9.17) is 5.73 Å². The van der Waals surface area contributed by atoms with Gasteiger partial charge in [0.05, 0.1) is 18.0 Å². The summed E-state index contributed by atoms with van der Waals surface area (Å²) in [7, 11) is -2.98. The third-order valence-corrected chi connectivity index (χ3v) is 4.33. The van der Waals surface area contributed by atoms with Crippen LogP contribution in [0.5, 0.6) is 0 Å². The van der Waals surface area contributed by atoms with Gasteiger partial charge in [0.25, 0.3) is 0 Å². The molecule has 0 amide bonds. The lowest BCUT2D eigenvalue weighted by Crippen LogP contribution is -2.18. The van der Waals surface area contributed by atoms with Crippen molar-refractivity contribution in [3.8, 4) is 0 Å². The maximum atomic E-state index is 11.1. The van der Waals surface area contributed by atoms with Gasteiger partial charge in [0.1, 0.15) is 15.7 Å². The second-order valence-electron chi connectivity index (χ2n) is 5.44. The van der Waals surface area contributed by atoms with E-state index in [1.165, 1.54) is 6.26 Å². The molecular weight excluding hydrogens is 238 g/mol. The average Bonchev–Trinajstić information content (AvgIpc) is 2.63. The van der Waals surface area contributed by atoms with Crippen molar-refractivity contribution in [1.29, 1.82) is 0 Å². The van der Waals surface area contributed by atoms with Crippen LogP contribution in [0, 0.1) is 0 Å². The van der Waals surface area contributed by atoms with Crippen LogP contribution in [-0.4, -0.2) is 30.2 Å². The summed E-state index contributed by atoms with van der Waals surface area (Å²) < 4.78 is 23.9. The van der Waals surface area contributed by atoms with Crippen molar-refractivity contribution in [3.63, 3.8) is 0 Å². The molecule has 0 radical (unpaired) electrons. The van der Waals surface area contributed by atoms with E-state index < -0.39 is 9.84 Å². The lowest BCUT2D eigenvalue weighted by atomic mass is 9.87. The molecule has 0 spiro atoms. The zero-order valence-electron chi connectivity index (χ0n) is 10.5. The molecule has 2 rings (SSSR count). The quantitative estimate of drug-likeness (QED) is 0.866. The van der Waals surface area contributed by atoms with Crippen LogP contribution < -0.4 is 5.73 Å². The summed E-state index contributed by atoms with van der Waals surface area (Å²) >= 11 is 0. The first kappa shape index (κ1) is 12.4. The minimum Gasteiger partial charge on any atom is -0.384 e. The number of fused-ring (bicyclic) bond motifs is 1. The maximum absolute atomic E-state index is 11.1. The predicted molar refractivity (Wildman–Crippen MR) is 67.7 cm³/mol. The van der Waals surface area contributed by atoms with Crippen LogP contribution in [0.3, 0.4) is 0 Å². The van der Waals surface area contributed by atoms with Crippen LogP contribution in [0.2, 0.25) is 0 Å². The zero-order valence-corrected chi connectivity index (χ0v) is 11.3. The van der Waals surface area contributed by atoms with Gasteiger partial charge in [0.2, 0.25) is 0 Å². The topological polar surface area (TPSA) is 78.0 Å². The monoisotopic (exact) mass is 257 g/mol. The second-order valence-corrected chi connectivity index (χ2v) is 7.70. The van der Waals surface area contributed by atoms with Crippen molar-refractivity contribution >= 4 is 15.7 Å². The largest absolute Gasteiger partial charge is 0.384 e. The molecular formula is C11H19N3O2S. The molecule has 0 bridgehead atoms. The first-order valence-electron chi connectivity index (χ1n) is 5.74. The molecule has 0 atom stereocenters. The summed E-state index contributed by atoms with van der Waals surface area (Å²) in [4.78, 5) is 0. The number of anilines is 1. The lowest BCUT2D eigenvalue weighted by Gasteiger charge is -2.18. The van der Waals surface area contributed by atoms with Crippen LogP contribution >= 0.6 is 0 Å². The molecule has 1 aliphatic rings. The van der Waals surface area contributed by atoms with Crippen molar-refractivity contribution in [3.05, 3.63) is 11.3 Å². The molecule has 1 aromatic rings. The molecule has 0 aromatic carbocycles. The molecule has 0 saturated carbocycles. The highest BCUT2D eigenvalue weighted by molar-refractivity contribution is 7.90. The van der Waals surface area contributed by atoms with Gasteiger partial charge in [-0.2, -0.15) is 5.10 Å². The van der Waals surface area contributed by atoms with Gasteiger partial charge in [0.15, 0.2) is 0 Å². The molecule has 0 fully saturated rings. The number of nitrogen functional groups attached to an aromatic ring is 1. The Morgan fingerprint density at radius 2 is 2.12 bits per heavy atom. The van der Waals surface area contributed by atoms with E-state index in [2.05, 4.69) is 18.9 Å². The van der Waals surface area contributed by atoms with Crippen LogP contribution in [-0.2, 0) is 28.2 Å². The fourth-order valence-corrected chi connectivity index (χ4v) is 2.92. The van der Waals surface area contributed by atoms with Gasteiger partial charge >= 0.3 is 0 Å². The Morgan fingerprint density at radius 3 is 2.65 bits per heavy atom. The maximum Gasteiger partial charge on any atom is 0.149 e. The van der Waals surface area contributed by atoms with Crippen molar-refractivity contribution < 1.29 is 8.42 Å². The van der Waals surface area contributed by atoms with Crippen molar-refractivity contribution in [2.75, 3.05) is 17.7 Å². The van der Waals surface area contributed by atoms with E-state index in [1.54, 1.807) is 4.68 Å². The number of rotatable bonds is 3. The van der Waals surface area contributed by atoms with Crippen LogP contribution in [0.15, 0.2) is 0 Å². The molecule has 0 saturated heterocycles. The Bertz CT molecular complexity index is 543. The van der Waals surface area contributed by atoms with Gasteiger partial charge in [-0.25, -0.2) is 13.1 Å². The molecule has 5 nitrogen and oxygen atoms in total. The molecule has 0 aliphatic heterocycles. The lowest BCUT2D eigenvalue weighted by molar-refractivity contribution is 0.514. The SMILES string of the molecule is CC1(C)CCc2nn(CCS(C)(=O)=O)c(N)c21. The number of hydrogen-bond donors (Lipinski definition) is 1. The predicted octanol–water partition coefficient (Wildman–Crippen LogP) is 0.734. The molecule has 1 aliphatic carbocycles. The van der Waals surface area contributed by atoms with Gasteiger partial charge in [-0.15, -0.1) is 0 Å². The normalized spacial score (nSPS) is 18.3. The molecule has 6 heteroatoms. The number of nitrogens with two attached hydrogens (primary N) is 1. The highest BCUT2D eigenvalue weighted by Crippen LogP contribution is 2.41. The van der Waals surface area contributed by atoms with Crippen LogP contribution in [0.1, 0.15) is 31.5 Å². The number of aromatic nitrogens is 2. The molecule has 1 aromatic heterocycles. The molecule has 2 N–H and O–H groups in total. The Morgan fingerprint density at radius 1 is 1.47 bits per heavy atom. The summed E-state index contributed by atoms with van der Waals surface area (Å²) in [6.07, 6.45) is 3.21. The zero-order chi connectivity index (χ0) is 12.8. The molecule has 1 heterocycles. The fourth-order valence-electron chi connectivity index (χ4n) is 2.42. The second kappa shape index (κ2) is 3.73. The van der Waals surface area contributed by atoms with E-state index in [9.17, 15) is 8.42 Å². The molecule has 0 unspecified atom stereocenters. The van der Waals surface area contributed by atoms with Crippen molar-refractivity contribution in [2.24, 2.45) is 0 Å². The number of hydrogen-bond acceptors (Lipinski definition) is 4. The third kappa shape index (κ3) is 2.31. The molecule has 17 heavy (non-hydrogen) atoms. The summed E-state index contributed by atoms with van der Waals surface area (Å²) in [6, 6.07) is 0. The van der Waals surface area contributed by atoms with Gasteiger partial charge in [-0.05, 0) is 18.3 Å². The summed E-state index contributed by atoms with van der Waals surface area (Å²) in [5.74, 6) is 0.712. The standard InChI is InChI=1S/C11H19N3O2S/c1-11(2)5-4-8-9(11)10(12)14(13-8)6-7-17(3,15)16/h4-7,12H2,1-3H3. The van der Waals surface area contributed by atoms with Crippen molar-refractivity contribution in [2.45, 2.75) is 38.6 Å². The Balaban J connectivity index is 2.28. The highest BCUT2D eigenvalue weighted by atomic mass is 32.2. The third-order valence-electron chi connectivity index (χ3n) is 3.40. The Labute approximate surface area is 102 Å². The smallest absolute Gasteiger partial charge is 0.149 e. The highest BCUT2D eigenvalue weighted by Gasteiger charge is 2.35. The van der Waals surface area contributed by atoms with E-state index in [-0.39, 0.29) is 11.2 Å². The van der Waals surface area contributed by atoms with Gasteiger partial charge in [-0.1, -0.05) is 13.8 Å². The summed E-state index contributed by atoms with van der Waals surface area (Å²) in [5, 5.41) is 4.42. The Kier molecular flexibility index (Phi) is 2.72. The Hall–Kier alpha value is -1.04. The first-order chi connectivity index (χ1) is 7.71. The minimum atomic E-state index is -2.98. The average molecular weight is 257 g/mol. The summed E-state index contributed by atoms with van der Waals surface area (Å²) in [5.41, 5.74) is 8.26. The summed E-state index contributed by atoms with van der Waals surface area (Å²) in [6.45, 7) is 4.64. The van der Waals surface area contributed by atoms with E-state index >= 15 is 0 Å². The number of nitrogens with zero attached hydrogens (tertiary/aromatic N) is 2. The molecule has 96 valence electrons. The van der Waals surface area contributed by atoms with Gasteiger partial charge < -0.3 is 5.73 Å². The van der Waals surface area contributed by atoms with Crippen LogP contribution in [0.4, 0.5) is 5.82 Å². The van der Waals surface area contributed by atoms with Gasteiger partial charge in [-0.3, -0.25) is 0 Å². The van der Waals surface area contributed by atoms with E-state index in [0.29, 0.717) is 12.4 Å². The van der Waals surface area contributed by atoms with Crippen LogP contribution in [0.25, 0.3) is 0 Å². The number of aryl methyl sites for hydroxylation is 2. The number of sulfone groups is 1.